The van der Waals surface area contributed by atoms with Gasteiger partial charge in [0.15, 0.2) is 0 Å². The Kier molecular flexibility index (Phi) is 4.36. The second-order valence-electron chi connectivity index (χ2n) is 3.49. The first-order valence-electron chi connectivity index (χ1n) is 4.49. The van der Waals surface area contributed by atoms with Gasteiger partial charge >= 0.3 is 5.97 Å². The lowest BCUT2D eigenvalue weighted by Gasteiger charge is -2.07. The van der Waals surface area contributed by atoms with Crippen LogP contribution in [0.2, 0.25) is 10.3 Å². The van der Waals surface area contributed by atoms with Crippen LogP contribution in [0.1, 0.15) is 24.2 Å². The molecule has 0 spiro atoms. The number of aromatic nitrogens is 1. The molecular weight excluding hydrogens is 237 g/mol. The van der Waals surface area contributed by atoms with E-state index in [1.165, 1.54) is 12.1 Å². The maximum atomic E-state index is 11.5. The Morgan fingerprint density at radius 2 is 1.93 bits per heavy atom. The fourth-order valence-corrected chi connectivity index (χ4v) is 1.37. The first-order valence-corrected chi connectivity index (χ1v) is 5.25. The van der Waals surface area contributed by atoms with E-state index in [2.05, 4.69) is 4.98 Å². The highest BCUT2D eigenvalue weighted by molar-refractivity contribution is 6.32. The fourth-order valence-electron chi connectivity index (χ4n) is 0.908. The molecule has 0 amide bonds. The zero-order chi connectivity index (χ0) is 11.4. The summed E-state index contributed by atoms with van der Waals surface area (Å²) in [5.74, 6) is -0.142. The third kappa shape index (κ3) is 4.06. The van der Waals surface area contributed by atoms with Gasteiger partial charge in [-0.2, -0.15) is 0 Å². The van der Waals surface area contributed by atoms with Crippen LogP contribution >= 0.6 is 23.2 Å². The summed E-state index contributed by atoms with van der Waals surface area (Å²) in [5, 5.41) is 0.359. The van der Waals surface area contributed by atoms with Gasteiger partial charge in [0.25, 0.3) is 0 Å². The molecule has 0 aliphatic carbocycles. The highest BCUT2D eigenvalue weighted by atomic mass is 35.5. The van der Waals surface area contributed by atoms with E-state index in [0.29, 0.717) is 18.1 Å². The molecule has 15 heavy (non-hydrogen) atoms. The molecule has 1 heterocycles. The third-order valence-corrected chi connectivity index (χ3v) is 1.93. The van der Waals surface area contributed by atoms with Crippen molar-refractivity contribution in [2.45, 2.75) is 13.8 Å². The number of carbonyl (C=O) groups is 1. The van der Waals surface area contributed by atoms with Crippen LogP contribution in [0.5, 0.6) is 0 Å². The zero-order valence-electron chi connectivity index (χ0n) is 8.46. The van der Waals surface area contributed by atoms with E-state index >= 15 is 0 Å². The summed E-state index contributed by atoms with van der Waals surface area (Å²) in [6, 6.07) is 2.85. The first-order chi connectivity index (χ1) is 6.99. The summed E-state index contributed by atoms with van der Waals surface area (Å²) in [5.41, 5.74) is 0.320. The minimum atomic E-state index is -0.435. The second-order valence-corrected chi connectivity index (χ2v) is 4.27. The van der Waals surface area contributed by atoms with Crippen LogP contribution in [0.25, 0.3) is 0 Å². The van der Waals surface area contributed by atoms with E-state index < -0.39 is 5.97 Å². The van der Waals surface area contributed by atoms with Crippen LogP contribution in [-0.2, 0) is 4.74 Å². The number of hydrogen-bond donors (Lipinski definition) is 0. The van der Waals surface area contributed by atoms with Crippen LogP contribution in [-0.4, -0.2) is 17.6 Å². The van der Waals surface area contributed by atoms with Crippen molar-refractivity contribution in [3.05, 3.63) is 28.0 Å². The maximum Gasteiger partial charge on any atom is 0.338 e. The van der Waals surface area contributed by atoms with Crippen LogP contribution < -0.4 is 0 Å². The minimum absolute atomic E-state index is 0.180. The number of ether oxygens (including phenoxy) is 1. The minimum Gasteiger partial charge on any atom is -0.462 e. The highest BCUT2D eigenvalue weighted by Crippen LogP contribution is 2.15. The average Bonchev–Trinajstić information content (AvgIpc) is 2.12. The second kappa shape index (κ2) is 5.33. The van der Waals surface area contributed by atoms with Gasteiger partial charge in [-0.3, -0.25) is 0 Å². The van der Waals surface area contributed by atoms with Gasteiger partial charge in [-0.05, 0) is 18.1 Å². The maximum absolute atomic E-state index is 11.5. The molecule has 1 aromatic rings. The molecule has 82 valence electrons. The zero-order valence-corrected chi connectivity index (χ0v) is 9.97. The number of hydrogen-bond acceptors (Lipinski definition) is 3. The van der Waals surface area contributed by atoms with Crippen molar-refractivity contribution in [2.75, 3.05) is 6.61 Å². The number of halogens is 2. The number of rotatable bonds is 3. The van der Waals surface area contributed by atoms with Crippen molar-refractivity contribution in [1.29, 1.82) is 0 Å². The van der Waals surface area contributed by atoms with Crippen LogP contribution in [0.15, 0.2) is 12.1 Å². The molecule has 0 saturated heterocycles. The Labute approximate surface area is 98.4 Å². The van der Waals surface area contributed by atoms with E-state index in [0.717, 1.165) is 0 Å². The van der Waals surface area contributed by atoms with Crippen molar-refractivity contribution in [3.63, 3.8) is 0 Å². The van der Waals surface area contributed by atoms with Crippen molar-refractivity contribution in [2.24, 2.45) is 5.92 Å². The summed E-state index contributed by atoms with van der Waals surface area (Å²) in [4.78, 5) is 15.2. The standard InChI is InChI=1S/C10H11Cl2NO2/c1-6(2)5-15-10(14)7-3-8(11)13-9(12)4-7/h3-4,6H,5H2,1-2H3. The third-order valence-electron chi connectivity index (χ3n) is 1.55. The SMILES string of the molecule is CC(C)COC(=O)c1cc(Cl)nc(Cl)c1. The number of carbonyl (C=O) groups excluding carboxylic acids is 1. The molecule has 5 heteroatoms. The summed E-state index contributed by atoms with van der Waals surface area (Å²) in [6.45, 7) is 4.29. The van der Waals surface area contributed by atoms with Gasteiger partial charge in [0, 0.05) is 0 Å². The Hall–Kier alpha value is -0.800. The first kappa shape index (κ1) is 12.3. The molecule has 0 atom stereocenters. The van der Waals surface area contributed by atoms with Gasteiger partial charge in [-0.15, -0.1) is 0 Å². The molecule has 1 aromatic heterocycles. The van der Waals surface area contributed by atoms with E-state index in [1.807, 2.05) is 13.8 Å². The summed E-state index contributed by atoms with van der Waals surface area (Å²) in [7, 11) is 0. The molecule has 1 rings (SSSR count). The van der Waals surface area contributed by atoms with E-state index in [-0.39, 0.29) is 10.3 Å². The number of esters is 1. The predicted molar refractivity (Wildman–Crippen MR) is 59.4 cm³/mol. The topological polar surface area (TPSA) is 39.2 Å². The van der Waals surface area contributed by atoms with Gasteiger partial charge in [-0.25, -0.2) is 9.78 Å². The van der Waals surface area contributed by atoms with E-state index in [9.17, 15) is 4.79 Å². The van der Waals surface area contributed by atoms with Gasteiger partial charge < -0.3 is 4.74 Å². The monoisotopic (exact) mass is 247 g/mol. The number of nitrogens with zero attached hydrogens (tertiary/aromatic N) is 1. The Bertz CT molecular complexity index is 346. The Morgan fingerprint density at radius 3 is 2.40 bits per heavy atom. The molecule has 0 saturated carbocycles. The Morgan fingerprint density at radius 1 is 1.40 bits per heavy atom. The van der Waals surface area contributed by atoms with Crippen LogP contribution in [0.4, 0.5) is 0 Å². The van der Waals surface area contributed by atoms with E-state index in [1.54, 1.807) is 0 Å². The summed E-state index contributed by atoms with van der Waals surface area (Å²) in [6.07, 6.45) is 0. The lowest BCUT2D eigenvalue weighted by atomic mass is 10.2. The van der Waals surface area contributed by atoms with Crippen molar-refractivity contribution >= 4 is 29.2 Å². The van der Waals surface area contributed by atoms with Gasteiger partial charge in [-0.1, -0.05) is 37.0 Å². The van der Waals surface area contributed by atoms with Crippen molar-refractivity contribution in [3.8, 4) is 0 Å². The van der Waals surface area contributed by atoms with Crippen molar-refractivity contribution in [1.82, 2.24) is 4.98 Å². The molecule has 0 N–H and O–H groups in total. The molecule has 3 nitrogen and oxygen atoms in total. The predicted octanol–water partition coefficient (Wildman–Crippen LogP) is 3.20. The fraction of sp³-hybridized carbons (Fsp3) is 0.400. The van der Waals surface area contributed by atoms with Crippen LogP contribution in [0.3, 0.4) is 0 Å². The average molecular weight is 248 g/mol. The smallest absolute Gasteiger partial charge is 0.338 e. The molecule has 0 aromatic carbocycles. The molecule has 0 fully saturated rings. The molecule has 0 aliphatic rings. The van der Waals surface area contributed by atoms with E-state index in [4.69, 9.17) is 27.9 Å². The van der Waals surface area contributed by atoms with Gasteiger partial charge in [0.1, 0.15) is 10.3 Å². The van der Waals surface area contributed by atoms with Gasteiger partial charge in [0.2, 0.25) is 0 Å². The normalized spacial score (nSPS) is 10.5. The molecular formula is C10H11Cl2NO2. The van der Waals surface area contributed by atoms with Gasteiger partial charge in [0.05, 0.1) is 12.2 Å². The summed E-state index contributed by atoms with van der Waals surface area (Å²) >= 11 is 11.3. The van der Waals surface area contributed by atoms with Crippen molar-refractivity contribution < 1.29 is 9.53 Å². The molecule has 0 radical (unpaired) electrons. The molecule has 0 aliphatic heterocycles. The quantitative estimate of drug-likeness (QED) is 0.609. The lowest BCUT2D eigenvalue weighted by molar-refractivity contribution is 0.0459. The largest absolute Gasteiger partial charge is 0.462 e. The summed E-state index contributed by atoms with van der Waals surface area (Å²) < 4.78 is 5.02. The number of pyridine rings is 1. The Balaban J connectivity index is 2.73. The molecule has 0 bridgehead atoms. The molecule has 0 unspecified atom stereocenters. The highest BCUT2D eigenvalue weighted by Gasteiger charge is 2.10. The lowest BCUT2D eigenvalue weighted by Crippen LogP contribution is -2.10. The van der Waals surface area contributed by atoms with Crippen LogP contribution in [0, 0.1) is 5.92 Å².